The summed E-state index contributed by atoms with van der Waals surface area (Å²) in [5, 5.41) is 0. The third-order valence-corrected chi connectivity index (χ3v) is 2.67. The van der Waals surface area contributed by atoms with Crippen LogP contribution in [0.15, 0.2) is 35.3 Å². The summed E-state index contributed by atoms with van der Waals surface area (Å²) in [7, 11) is 0. The van der Waals surface area contributed by atoms with Crippen molar-refractivity contribution in [2.75, 3.05) is 6.61 Å². The molecular formula is C14H15N3O3. The Morgan fingerprint density at radius 3 is 2.80 bits per heavy atom. The van der Waals surface area contributed by atoms with Crippen molar-refractivity contribution < 1.29 is 9.53 Å². The lowest BCUT2D eigenvalue weighted by molar-refractivity contribution is 0.0998. The summed E-state index contributed by atoms with van der Waals surface area (Å²) in [5.41, 5.74) is 5.01. The number of hydrogen-bond donors (Lipinski definition) is 2. The molecule has 0 unspecified atom stereocenters. The Morgan fingerprint density at radius 1 is 1.40 bits per heavy atom. The fourth-order valence-electron chi connectivity index (χ4n) is 1.71. The second-order valence-electron chi connectivity index (χ2n) is 4.18. The molecule has 6 nitrogen and oxygen atoms in total. The molecule has 0 spiro atoms. The van der Waals surface area contributed by atoms with Gasteiger partial charge >= 0.3 is 0 Å². The van der Waals surface area contributed by atoms with E-state index in [-0.39, 0.29) is 5.56 Å². The molecule has 1 aromatic heterocycles. The summed E-state index contributed by atoms with van der Waals surface area (Å²) in [5.74, 6) is 0.164. The van der Waals surface area contributed by atoms with E-state index in [1.807, 2.05) is 19.1 Å². The molecule has 2 aromatic rings. The number of carbonyl (C=O) groups is 1. The van der Waals surface area contributed by atoms with Crippen molar-refractivity contribution in [3.8, 4) is 17.1 Å². The first-order valence-corrected chi connectivity index (χ1v) is 6.24. The van der Waals surface area contributed by atoms with E-state index in [0.29, 0.717) is 23.7 Å². The van der Waals surface area contributed by atoms with E-state index in [0.717, 1.165) is 6.42 Å². The van der Waals surface area contributed by atoms with Crippen molar-refractivity contribution in [2.24, 2.45) is 5.73 Å². The highest BCUT2D eigenvalue weighted by atomic mass is 16.5. The van der Waals surface area contributed by atoms with Gasteiger partial charge in [-0.3, -0.25) is 9.59 Å². The Hall–Kier alpha value is -2.63. The lowest BCUT2D eigenvalue weighted by Crippen LogP contribution is -2.24. The van der Waals surface area contributed by atoms with Gasteiger partial charge in [-0.15, -0.1) is 0 Å². The van der Waals surface area contributed by atoms with E-state index in [1.165, 1.54) is 6.20 Å². The number of nitrogens with two attached hydrogens (primary N) is 1. The van der Waals surface area contributed by atoms with Gasteiger partial charge in [0.2, 0.25) is 0 Å². The fraction of sp³-hybridized carbons (Fsp3) is 0.214. The van der Waals surface area contributed by atoms with Crippen LogP contribution in [0.3, 0.4) is 0 Å². The quantitative estimate of drug-likeness (QED) is 0.858. The van der Waals surface area contributed by atoms with E-state index in [9.17, 15) is 9.59 Å². The van der Waals surface area contributed by atoms with Crippen LogP contribution in [0.25, 0.3) is 11.4 Å². The number of primary amides is 1. The smallest absolute Gasteiger partial charge is 0.264 e. The van der Waals surface area contributed by atoms with Gasteiger partial charge in [-0.2, -0.15) is 0 Å². The first-order valence-electron chi connectivity index (χ1n) is 6.24. The van der Waals surface area contributed by atoms with Crippen molar-refractivity contribution in [1.82, 2.24) is 9.97 Å². The lowest BCUT2D eigenvalue weighted by atomic mass is 10.2. The Kier molecular flexibility index (Phi) is 4.14. The largest absolute Gasteiger partial charge is 0.493 e. The summed E-state index contributed by atoms with van der Waals surface area (Å²) < 4.78 is 5.60. The zero-order chi connectivity index (χ0) is 14.5. The molecule has 0 atom stereocenters. The van der Waals surface area contributed by atoms with Crippen LogP contribution in [-0.4, -0.2) is 22.5 Å². The van der Waals surface area contributed by atoms with E-state index in [1.54, 1.807) is 12.1 Å². The maximum absolute atomic E-state index is 11.7. The maximum atomic E-state index is 11.7. The molecule has 20 heavy (non-hydrogen) atoms. The molecule has 3 N–H and O–H groups in total. The molecule has 0 radical (unpaired) electrons. The minimum Gasteiger partial charge on any atom is -0.493 e. The highest BCUT2D eigenvalue weighted by Crippen LogP contribution is 2.26. The Bertz CT molecular complexity index is 679. The SMILES string of the molecule is CCCOc1ccccc1-c1ncc(C(N)=O)c(=O)[nH]1. The van der Waals surface area contributed by atoms with Gasteiger partial charge < -0.3 is 15.5 Å². The lowest BCUT2D eigenvalue weighted by Gasteiger charge is -2.10. The molecule has 0 fully saturated rings. The zero-order valence-corrected chi connectivity index (χ0v) is 11.1. The molecule has 2 rings (SSSR count). The van der Waals surface area contributed by atoms with Gasteiger partial charge in [-0.25, -0.2) is 4.98 Å². The summed E-state index contributed by atoms with van der Waals surface area (Å²) in [4.78, 5) is 29.4. The molecule has 1 heterocycles. The maximum Gasteiger partial charge on any atom is 0.264 e. The third-order valence-electron chi connectivity index (χ3n) is 2.67. The van der Waals surface area contributed by atoms with Crippen LogP contribution in [0.2, 0.25) is 0 Å². The number of rotatable bonds is 5. The second kappa shape index (κ2) is 6.01. The van der Waals surface area contributed by atoms with Crippen LogP contribution in [0.5, 0.6) is 5.75 Å². The molecule has 1 aromatic carbocycles. The predicted molar refractivity (Wildman–Crippen MR) is 74.6 cm³/mol. The number of para-hydroxylation sites is 1. The number of carbonyl (C=O) groups excluding carboxylic acids is 1. The van der Waals surface area contributed by atoms with Gasteiger partial charge in [0.25, 0.3) is 11.5 Å². The van der Waals surface area contributed by atoms with Crippen molar-refractivity contribution in [2.45, 2.75) is 13.3 Å². The van der Waals surface area contributed by atoms with Gasteiger partial charge in [-0.05, 0) is 18.6 Å². The number of hydrogen-bond acceptors (Lipinski definition) is 4. The normalized spacial score (nSPS) is 10.2. The average Bonchev–Trinajstić information content (AvgIpc) is 2.45. The molecule has 0 saturated carbocycles. The number of nitrogens with zero attached hydrogens (tertiary/aromatic N) is 1. The van der Waals surface area contributed by atoms with Crippen LogP contribution in [0.1, 0.15) is 23.7 Å². The third kappa shape index (κ3) is 2.85. The fourth-order valence-corrected chi connectivity index (χ4v) is 1.71. The van der Waals surface area contributed by atoms with Crippen LogP contribution < -0.4 is 16.0 Å². The van der Waals surface area contributed by atoms with Gasteiger partial charge in [0.1, 0.15) is 17.1 Å². The van der Waals surface area contributed by atoms with E-state index in [2.05, 4.69) is 9.97 Å². The minimum absolute atomic E-state index is 0.166. The number of benzene rings is 1. The van der Waals surface area contributed by atoms with Gasteiger partial charge in [0.15, 0.2) is 0 Å². The monoisotopic (exact) mass is 273 g/mol. The van der Waals surface area contributed by atoms with E-state index in [4.69, 9.17) is 10.5 Å². The van der Waals surface area contributed by atoms with Crippen molar-refractivity contribution in [1.29, 1.82) is 0 Å². The Balaban J connectivity index is 2.44. The number of ether oxygens (including phenoxy) is 1. The molecule has 0 aliphatic heterocycles. The molecule has 0 saturated heterocycles. The number of amides is 1. The van der Waals surface area contributed by atoms with Crippen molar-refractivity contribution >= 4 is 5.91 Å². The molecule has 0 aliphatic carbocycles. The molecule has 0 bridgehead atoms. The minimum atomic E-state index is -0.805. The zero-order valence-electron chi connectivity index (χ0n) is 11.1. The van der Waals surface area contributed by atoms with Gasteiger partial charge in [0, 0.05) is 6.20 Å². The summed E-state index contributed by atoms with van der Waals surface area (Å²) >= 11 is 0. The number of aromatic amines is 1. The average molecular weight is 273 g/mol. The summed E-state index contributed by atoms with van der Waals surface area (Å²) in [6.07, 6.45) is 2.05. The van der Waals surface area contributed by atoms with Gasteiger partial charge in [0.05, 0.1) is 12.2 Å². The van der Waals surface area contributed by atoms with Crippen LogP contribution in [0, 0.1) is 0 Å². The predicted octanol–water partition coefficient (Wildman–Crippen LogP) is 1.32. The first kappa shape index (κ1) is 13.8. The summed E-state index contributed by atoms with van der Waals surface area (Å²) in [6, 6.07) is 7.24. The van der Waals surface area contributed by atoms with Crippen molar-refractivity contribution in [3.63, 3.8) is 0 Å². The molecule has 104 valence electrons. The Morgan fingerprint density at radius 2 is 2.15 bits per heavy atom. The molecule has 0 aliphatic rings. The highest BCUT2D eigenvalue weighted by molar-refractivity contribution is 5.92. The Labute approximate surface area is 115 Å². The highest BCUT2D eigenvalue weighted by Gasteiger charge is 2.12. The van der Waals surface area contributed by atoms with Crippen molar-refractivity contribution in [3.05, 3.63) is 46.4 Å². The summed E-state index contributed by atoms with van der Waals surface area (Å²) in [6.45, 7) is 2.57. The van der Waals surface area contributed by atoms with Crippen LogP contribution in [-0.2, 0) is 0 Å². The number of aromatic nitrogens is 2. The van der Waals surface area contributed by atoms with E-state index < -0.39 is 11.5 Å². The molecular weight excluding hydrogens is 258 g/mol. The number of nitrogens with one attached hydrogen (secondary N) is 1. The van der Waals surface area contributed by atoms with Crippen LogP contribution >= 0.6 is 0 Å². The number of H-pyrrole nitrogens is 1. The first-order chi connectivity index (χ1) is 9.63. The second-order valence-corrected chi connectivity index (χ2v) is 4.18. The van der Waals surface area contributed by atoms with Gasteiger partial charge in [-0.1, -0.05) is 19.1 Å². The standard InChI is InChI=1S/C14H15N3O3/c1-2-7-20-11-6-4-3-5-9(11)13-16-8-10(12(15)18)14(19)17-13/h3-6,8H,2,7H2,1H3,(H2,15,18)(H,16,17,19). The molecule has 1 amide bonds. The molecule has 6 heteroatoms. The van der Waals surface area contributed by atoms with Crippen LogP contribution in [0.4, 0.5) is 0 Å². The van der Waals surface area contributed by atoms with E-state index >= 15 is 0 Å². The topological polar surface area (TPSA) is 98.1 Å².